The number of aryl methyl sites for hydroxylation is 1. The van der Waals surface area contributed by atoms with E-state index in [9.17, 15) is 9.59 Å². The molecule has 2 aliphatic rings. The van der Waals surface area contributed by atoms with Crippen LogP contribution in [0.5, 0.6) is 0 Å². The van der Waals surface area contributed by atoms with E-state index in [0.717, 1.165) is 30.5 Å². The lowest BCUT2D eigenvalue weighted by Gasteiger charge is -2.43. The fourth-order valence-electron chi connectivity index (χ4n) is 3.80. The number of hydrogen-bond donors (Lipinski definition) is 2. The molecule has 7 nitrogen and oxygen atoms in total. The first kappa shape index (κ1) is 17.5. The van der Waals surface area contributed by atoms with E-state index < -0.39 is 0 Å². The first-order valence-electron chi connectivity index (χ1n) is 8.96. The molecule has 25 heavy (non-hydrogen) atoms. The predicted molar refractivity (Wildman–Crippen MR) is 96.4 cm³/mol. The normalized spacial score (nSPS) is 19.4. The topological polar surface area (TPSA) is 77.6 Å². The third kappa shape index (κ3) is 3.70. The number of nitrogens with zero attached hydrogens (tertiary/aromatic N) is 3. The van der Waals surface area contributed by atoms with Gasteiger partial charge in [-0.3, -0.25) is 9.78 Å². The number of hydrogen-bond acceptors (Lipinski definition) is 4. The highest BCUT2D eigenvalue weighted by molar-refractivity contribution is 5.79. The number of carbonyl (C=O) groups is 2. The van der Waals surface area contributed by atoms with Gasteiger partial charge < -0.3 is 20.4 Å². The summed E-state index contributed by atoms with van der Waals surface area (Å²) in [6.45, 7) is 4.66. The molecule has 7 heteroatoms. The van der Waals surface area contributed by atoms with Gasteiger partial charge >= 0.3 is 6.03 Å². The summed E-state index contributed by atoms with van der Waals surface area (Å²) in [4.78, 5) is 32.0. The molecule has 0 radical (unpaired) electrons. The third-order valence-corrected chi connectivity index (χ3v) is 5.61. The van der Waals surface area contributed by atoms with E-state index in [2.05, 4.69) is 15.6 Å². The minimum absolute atomic E-state index is 0.0184. The van der Waals surface area contributed by atoms with E-state index in [0.29, 0.717) is 32.6 Å². The molecule has 2 N–H and O–H groups in total. The van der Waals surface area contributed by atoms with Crippen LogP contribution in [0.4, 0.5) is 10.5 Å². The summed E-state index contributed by atoms with van der Waals surface area (Å²) in [5.74, 6) is 0.232. The summed E-state index contributed by atoms with van der Waals surface area (Å²) in [7, 11) is 1.90. The Balaban J connectivity index is 1.40. The van der Waals surface area contributed by atoms with Gasteiger partial charge in [0, 0.05) is 63.3 Å². The number of rotatable bonds is 4. The fourth-order valence-corrected chi connectivity index (χ4v) is 3.80. The van der Waals surface area contributed by atoms with Crippen LogP contribution in [0.25, 0.3) is 0 Å². The average Bonchev–Trinajstić information content (AvgIpc) is 2.89. The summed E-state index contributed by atoms with van der Waals surface area (Å²) >= 11 is 0. The highest BCUT2D eigenvalue weighted by Crippen LogP contribution is 2.37. The lowest BCUT2D eigenvalue weighted by Crippen LogP contribution is -2.54. The highest BCUT2D eigenvalue weighted by atomic mass is 16.2. The maximum absolute atomic E-state index is 12.3. The fraction of sp³-hybridized carbons (Fsp3) is 0.611. The second kappa shape index (κ2) is 7.29. The maximum Gasteiger partial charge on any atom is 0.317 e. The zero-order valence-corrected chi connectivity index (χ0v) is 15.0. The molecule has 0 atom stereocenters. The zero-order valence-electron chi connectivity index (χ0n) is 15.0. The number of urea groups is 1. The van der Waals surface area contributed by atoms with Crippen molar-refractivity contribution in [3.05, 3.63) is 24.0 Å². The Morgan fingerprint density at radius 1 is 1.28 bits per heavy atom. The molecule has 1 aromatic rings. The van der Waals surface area contributed by atoms with Crippen LogP contribution in [0, 0.1) is 6.92 Å². The van der Waals surface area contributed by atoms with Gasteiger partial charge in [-0.1, -0.05) is 0 Å². The van der Waals surface area contributed by atoms with Gasteiger partial charge in [0.1, 0.15) is 0 Å². The summed E-state index contributed by atoms with van der Waals surface area (Å²) in [6, 6.07) is 1.91. The van der Waals surface area contributed by atoms with Crippen LogP contribution in [0.15, 0.2) is 18.5 Å². The van der Waals surface area contributed by atoms with Gasteiger partial charge in [0.15, 0.2) is 0 Å². The molecule has 3 heterocycles. The molecule has 2 aliphatic heterocycles. The van der Waals surface area contributed by atoms with Crippen LogP contribution >= 0.6 is 0 Å². The van der Waals surface area contributed by atoms with Crippen molar-refractivity contribution in [3.8, 4) is 0 Å². The van der Waals surface area contributed by atoms with Crippen LogP contribution in [-0.4, -0.2) is 65.5 Å². The number of amides is 3. The number of likely N-dealkylation sites (tertiary alicyclic amines) is 2. The van der Waals surface area contributed by atoms with Crippen molar-refractivity contribution < 1.29 is 9.59 Å². The Bertz CT molecular complexity index is 640. The van der Waals surface area contributed by atoms with Gasteiger partial charge in [-0.15, -0.1) is 0 Å². The van der Waals surface area contributed by atoms with Crippen molar-refractivity contribution in [2.45, 2.75) is 38.1 Å². The zero-order chi connectivity index (χ0) is 17.9. The second-order valence-electron chi connectivity index (χ2n) is 7.01. The van der Waals surface area contributed by atoms with E-state index in [1.165, 1.54) is 0 Å². The summed E-state index contributed by atoms with van der Waals surface area (Å²) < 4.78 is 0. The lowest BCUT2D eigenvalue weighted by molar-refractivity contribution is -0.130. The molecular formula is C18H27N5O2. The smallest absolute Gasteiger partial charge is 0.317 e. The Hall–Kier alpha value is -2.31. The molecule has 2 saturated heterocycles. The van der Waals surface area contributed by atoms with Crippen molar-refractivity contribution in [2.24, 2.45) is 0 Å². The molecule has 136 valence electrons. The maximum atomic E-state index is 12.3. The van der Waals surface area contributed by atoms with Crippen molar-refractivity contribution >= 4 is 17.6 Å². The van der Waals surface area contributed by atoms with E-state index >= 15 is 0 Å². The Kier molecular flexibility index (Phi) is 5.11. The Morgan fingerprint density at radius 3 is 2.68 bits per heavy atom. The highest BCUT2D eigenvalue weighted by Gasteiger charge is 2.45. The van der Waals surface area contributed by atoms with Crippen molar-refractivity contribution in [3.63, 3.8) is 0 Å². The molecule has 3 rings (SSSR count). The Labute approximate surface area is 148 Å². The number of anilines is 1. The molecule has 0 aromatic carbocycles. The van der Waals surface area contributed by atoms with Crippen LogP contribution in [0.3, 0.4) is 0 Å². The molecule has 3 amide bonds. The van der Waals surface area contributed by atoms with Crippen molar-refractivity contribution in [1.29, 1.82) is 0 Å². The van der Waals surface area contributed by atoms with E-state index in [4.69, 9.17) is 0 Å². The van der Waals surface area contributed by atoms with Gasteiger partial charge in [0.2, 0.25) is 5.91 Å². The van der Waals surface area contributed by atoms with Gasteiger partial charge in [-0.05, 0) is 37.8 Å². The number of nitrogens with one attached hydrogen (secondary N) is 2. The molecule has 0 aliphatic carbocycles. The largest absolute Gasteiger partial charge is 0.383 e. The predicted octanol–water partition coefficient (Wildman–Crippen LogP) is 1.60. The first-order chi connectivity index (χ1) is 12.0. The van der Waals surface area contributed by atoms with Gasteiger partial charge in [-0.2, -0.15) is 0 Å². The number of carbonyl (C=O) groups excluding carboxylic acids is 2. The summed E-state index contributed by atoms with van der Waals surface area (Å²) in [5.41, 5.74) is 2.11. The van der Waals surface area contributed by atoms with Crippen LogP contribution in [-0.2, 0) is 4.79 Å². The van der Waals surface area contributed by atoms with E-state index in [1.54, 1.807) is 6.20 Å². The van der Waals surface area contributed by atoms with Crippen molar-refractivity contribution in [1.82, 2.24) is 20.1 Å². The molecule has 0 saturated carbocycles. The SMILES string of the molecule is Cc1cnccc1NCCNC(=O)N1CCC2(CCC(=O)N2C)CC1. The van der Waals surface area contributed by atoms with Crippen LogP contribution in [0.2, 0.25) is 0 Å². The monoisotopic (exact) mass is 345 g/mol. The lowest BCUT2D eigenvalue weighted by atomic mass is 9.85. The number of pyridine rings is 1. The minimum atomic E-state index is -0.0196. The Morgan fingerprint density at radius 2 is 2.04 bits per heavy atom. The molecule has 0 unspecified atom stereocenters. The quantitative estimate of drug-likeness (QED) is 0.813. The first-order valence-corrected chi connectivity index (χ1v) is 8.96. The van der Waals surface area contributed by atoms with E-state index in [-0.39, 0.29) is 17.5 Å². The number of piperidine rings is 1. The van der Waals surface area contributed by atoms with Crippen LogP contribution in [0.1, 0.15) is 31.2 Å². The molecule has 2 fully saturated rings. The standard InChI is InChI=1S/C18H27N5O2/c1-14-13-19-8-4-15(14)20-9-10-21-17(25)23-11-6-18(7-12-23)5-3-16(24)22(18)2/h4,8,13H,3,5-7,9-12H2,1-2H3,(H,19,20)(H,21,25). The molecular weight excluding hydrogens is 318 g/mol. The van der Waals surface area contributed by atoms with Gasteiger partial charge in [0.05, 0.1) is 0 Å². The van der Waals surface area contributed by atoms with E-state index in [1.807, 2.05) is 36.0 Å². The minimum Gasteiger partial charge on any atom is -0.383 e. The number of aromatic nitrogens is 1. The van der Waals surface area contributed by atoms with Gasteiger partial charge in [0.25, 0.3) is 0 Å². The molecule has 0 bridgehead atoms. The molecule has 1 aromatic heterocycles. The molecule has 1 spiro atoms. The van der Waals surface area contributed by atoms with Crippen LogP contribution < -0.4 is 10.6 Å². The van der Waals surface area contributed by atoms with Crippen molar-refractivity contribution in [2.75, 3.05) is 38.5 Å². The average molecular weight is 345 g/mol. The second-order valence-corrected chi connectivity index (χ2v) is 7.01. The summed E-state index contributed by atoms with van der Waals surface area (Å²) in [5, 5.41) is 6.27. The third-order valence-electron chi connectivity index (χ3n) is 5.61. The summed E-state index contributed by atoms with van der Waals surface area (Å²) in [6.07, 6.45) is 6.88. The van der Waals surface area contributed by atoms with Gasteiger partial charge in [-0.25, -0.2) is 4.79 Å².